The number of fused-ring (bicyclic) bond motifs is 2. The van der Waals surface area contributed by atoms with Gasteiger partial charge in [-0.25, -0.2) is 4.79 Å². The second-order valence-electron chi connectivity index (χ2n) is 14.1. The number of ether oxygens (including phenoxy) is 7. The van der Waals surface area contributed by atoms with Crippen molar-refractivity contribution in [3.05, 3.63) is 11.1 Å². The molecule has 0 radical (unpaired) electrons. The molecule has 43 heavy (non-hydrogen) atoms. The summed E-state index contributed by atoms with van der Waals surface area (Å²) in [6, 6.07) is 0. The lowest BCUT2D eigenvalue weighted by molar-refractivity contribution is -0.367. The predicted molar refractivity (Wildman–Crippen MR) is 140 cm³/mol. The Morgan fingerprint density at radius 2 is 1.86 bits per heavy atom. The lowest BCUT2D eigenvalue weighted by Gasteiger charge is -2.70. The maximum Gasteiger partial charge on any atom is 0.334 e. The van der Waals surface area contributed by atoms with Crippen molar-refractivity contribution in [2.24, 2.45) is 17.3 Å². The van der Waals surface area contributed by atoms with Gasteiger partial charge in [-0.15, -0.1) is 0 Å². The van der Waals surface area contributed by atoms with Crippen LogP contribution in [0.5, 0.6) is 0 Å². The number of aliphatic hydroxyl groups excluding tert-OH is 4. The Hall–Kier alpha value is -1.68. The van der Waals surface area contributed by atoms with Gasteiger partial charge in [0.25, 0.3) is 0 Å². The number of aliphatic hydroxyl groups is 4. The van der Waals surface area contributed by atoms with Crippen LogP contribution in [0.3, 0.4) is 0 Å². The fourth-order valence-corrected chi connectivity index (χ4v) is 9.86. The maximum absolute atomic E-state index is 13.4. The van der Waals surface area contributed by atoms with Gasteiger partial charge in [0.1, 0.15) is 60.0 Å². The van der Waals surface area contributed by atoms with Crippen molar-refractivity contribution >= 4 is 11.9 Å². The topological polar surface area (TPSA) is 186 Å². The first-order valence-electron chi connectivity index (χ1n) is 15.5. The van der Waals surface area contributed by atoms with E-state index in [1.165, 1.54) is 0 Å². The van der Waals surface area contributed by atoms with Gasteiger partial charge in [-0.2, -0.15) is 0 Å². The van der Waals surface area contributed by atoms with Gasteiger partial charge in [0.05, 0.1) is 19.3 Å². The molecule has 0 aromatic rings. The first kappa shape index (κ1) is 28.8. The SMILES string of the molecule is CC(C)[C@]12O[C@H]1[C@@H]1O[C@@]13[C@@]1(C)CCC4=C(COC4=O)[C@@H]1C1C[C@@]3(O1)[C@@H]2OC(=O)CCCO[C@@H]1OC(CO)[C@@H](O)C(O)C1O. The standard InChI is InChI=1S/C30H40O13/c1-12(2)29-22(42-29)23-30(43-23)27(3)7-6-13-14(11-38-24(13)36)18(27)15-9-28(30,41-15)26(29)40-17(32)5-4-8-37-25-21(35)20(34)19(33)16(10-31)39-25/h12,15-16,18-23,25-26,31,33-35H,4-11H2,1-3H3/t15?,16?,18-,19-,20?,21?,22+,23+,25-,26+,27+,28-,29+,30-/m1/s1. The molecular weight excluding hydrogens is 568 g/mol. The summed E-state index contributed by atoms with van der Waals surface area (Å²) in [5.41, 5.74) is -0.777. The van der Waals surface area contributed by atoms with Crippen LogP contribution in [-0.4, -0.2) is 124 Å². The van der Waals surface area contributed by atoms with Gasteiger partial charge in [0.2, 0.25) is 0 Å². The molecule has 4 N–H and O–H groups in total. The van der Waals surface area contributed by atoms with E-state index in [0.717, 1.165) is 17.6 Å². The molecule has 13 nitrogen and oxygen atoms in total. The van der Waals surface area contributed by atoms with Gasteiger partial charge in [0.15, 0.2) is 12.4 Å². The van der Waals surface area contributed by atoms with Crippen molar-refractivity contribution in [2.75, 3.05) is 19.8 Å². The molecule has 0 aromatic carbocycles. The third-order valence-electron chi connectivity index (χ3n) is 12.0. The Morgan fingerprint density at radius 1 is 1.09 bits per heavy atom. The molecule has 6 heterocycles. The van der Waals surface area contributed by atoms with Gasteiger partial charge in [-0.05, 0) is 30.8 Å². The summed E-state index contributed by atoms with van der Waals surface area (Å²) in [6.07, 6.45) is -5.79. The monoisotopic (exact) mass is 608 g/mol. The molecular formula is C30H40O13. The second-order valence-corrected chi connectivity index (χ2v) is 14.1. The number of cyclic esters (lactones) is 1. The minimum Gasteiger partial charge on any atom is -0.458 e. The Morgan fingerprint density at radius 3 is 2.58 bits per heavy atom. The smallest absolute Gasteiger partial charge is 0.334 e. The fraction of sp³-hybridized carbons (Fsp3) is 0.867. The fourth-order valence-electron chi connectivity index (χ4n) is 9.86. The number of epoxide rings is 2. The zero-order valence-corrected chi connectivity index (χ0v) is 24.5. The van der Waals surface area contributed by atoms with Crippen LogP contribution < -0.4 is 0 Å². The summed E-state index contributed by atoms with van der Waals surface area (Å²) in [5.74, 6) is -0.635. The van der Waals surface area contributed by atoms with Crippen LogP contribution >= 0.6 is 0 Å². The van der Waals surface area contributed by atoms with Crippen LogP contribution in [0.25, 0.3) is 0 Å². The quantitative estimate of drug-likeness (QED) is 0.153. The van der Waals surface area contributed by atoms with Gasteiger partial charge in [0, 0.05) is 29.7 Å². The highest BCUT2D eigenvalue weighted by Crippen LogP contribution is 2.82. The molecule has 3 aliphatic carbocycles. The van der Waals surface area contributed by atoms with E-state index < -0.39 is 66.2 Å². The molecule has 2 spiro atoms. The summed E-state index contributed by atoms with van der Waals surface area (Å²) in [7, 11) is 0. The highest BCUT2D eigenvalue weighted by molar-refractivity contribution is 5.92. The Kier molecular flexibility index (Phi) is 6.15. The average molecular weight is 609 g/mol. The Bertz CT molecular complexity index is 1260. The zero-order valence-electron chi connectivity index (χ0n) is 24.5. The summed E-state index contributed by atoms with van der Waals surface area (Å²) >= 11 is 0. The van der Waals surface area contributed by atoms with Gasteiger partial charge < -0.3 is 53.6 Å². The van der Waals surface area contributed by atoms with Crippen LogP contribution in [0.1, 0.15) is 52.9 Å². The molecule has 2 saturated carbocycles. The number of hydrogen-bond donors (Lipinski definition) is 4. The van der Waals surface area contributed by atoms with E-state index >= 15 is 0 Å². The van der Waals surface area contributed by atoms with E-state index in [2.05, 4.69) is 20.8 Å². The highest BCUT2D eigenvalue weighted by Gasteiger charge is 2.98. The van der Waals surface area contributed by atoms with Crippen LogP contribution in [0, 0.1) is 17.3 Å². The normalized spacial score (nSPS) is 53.5. The number of carbonyl (C=O) groups is 2. The summed E-state index contributed by atoms with van der Waals surface area (Å²) in [6.45, 7) is 6.09. The van der Waals surface area contributed by atoms with E-state index in [0.29, 0.717) is 19.4 Å². The van der Waals surface area contributed by atoms with Crippen molar-refractivity contribution < 1.29 is 63.2 Å². The molecule has 2 bridgehead atoms. The molecule has 9 rings (SSSR count). The lowest BCUT2D eigenvalue weighted by Crippen LogP contribution is -2.84. The number of carbonyl (C=O) groups excluding carboxylic acids is 2. The number of rotatable bonds is 8. The van der Waals surface area contributed by atoms with E-state index in [1.807, 2.05) is 0 Å². The molecule has 238 valence electrons. The van der Waals surface area contributed by atoms with Crippen LogP contribution in [-0.2, 0) is 42.7 Å². The van der Waals surface area contributed by atoms with E-state index in [1.54, 1.807) is 0 Å². The molecule has 14 atom stereocenters. The lowest BCUT2D eigenvalue weighted by atomic mass is 9.42. The van der Waals surface area contributed by atoms with Gasteiger partial charge >= 0.3 is 11.9 Å². The summed E-state index contributed by atoms with van der Waals surface area (Å²) in [5, 5.41) is 39.5. The van der Waals surface area contributed by atoms with Crippen molar-refractivity contribution in [1.29, 1.82) is 0 Å². The van der Waals surface area contributed by atoms with E-state index in [4.69, 9.17) is 33.2 Å². The first-order chi connectivity index (χ1) is 20.5. The Balaban J connectivity index is 0.985. The third-order valence-corrected chi connectivity index (χ3v) is 12.0. The van der Waals surface area contributed by atoms with Crippen LogP contribution in [0.2, 0.25) is 0 Å². The number of esters is 2. The molecule has 0 aromatic heterocycles. The maximum atomic E-state index is 13.4. The minimum atomic E-state index is -1.54. The van der Waals surface area contributed by atoms with Gasteiger partial charge in [-0.3, -0.25) is 4.79 Å². The molecule has 7 fully saturated rings. The largest absolute Gasteiger partial charge is 0.458 e. The molecule has 6 aliphatic heterocycles. The van der Waals surface area contributed by atoms with E-state index in [-0.39, 0.29) is 61.0 Å². The average Bonchev–Trinajstić information content (AvgIpc) is 3.85. The summed E-state index contributed by atoms with van der Waals surface area (Å²) in [4.78, 5) is 25.8. The van der Waals surface area contributed by atoms with Crippen molar-refractivity contribution in [3.63, 3.8) is 0 Å². The predicted octanol–water partition coefficient (Wildman–Crippen LogP) is -0.749. The van der Waals surface area contributed by atoms with E-state index in [9.17, 15) is 30.0 Å². The van der Waals surface area contributed by atoms with Crippen LogP contribution in [0.4, 0.5) is 0 Å². The zero-order chi connectivity index (χ0) is 30.3. The molecule has 4 unspecified atom stereocenters. The van der Waals surface area contributed by atoms with Crippen molar-refractivity contribution in [3.8, 4) is 0 Å². The van der Waals surface area contributed by atoms with Crippen LogP contribution in [0.15, 0.2) is 11.1 Å². The Labute approximate surface area is 248 Å². The second kappa shape index (κ2) is 9.20. The third kappa shape index (κ3) is 3.38. The highest BCUT2D eigenvalue weighted by atomic mass is 16.7. The first-order valence-corrected chi connectivity index (χ1v) is 15.5. The van der Waals surface area contributed by atoms with Crippen molar-refractivity contribution in [2.45, 2.75) is 125 Å². The number of hydrogen-bond acceptors (Lipinski definition) is 13. The molecule has 0 amide bonds. The molecule has 13 heteroatoms. The molecule has 5 saturated heterocycles. The summed E-state index contributed by atoms with van der Waals surface area (Å²) < 4.78 is 42.6. The van der Waals surface area contributed by atoms with Gasteiger partial charge in [-0.1, -0.05) is 20.8 Å². The molecule has 9 aliphatic rings. The minimum absolute atomic E-state index is 0.00389. The van der Waals surface area contributed by atoms with Crippen molar-refractivity contribution in [1.82, 2.24) is 0 Å².